The van der Waals surface area contributed by atoms with Crippen molar-refractivity contribution in [2.45, 2.75) is 40.7 Å². The third-order valence-corrected chi connectivity index (χ3v) is 5.49. The van der Waals surface area contributed by atoms with Crippen LogP contribution in [0.1, 0.15) is 35.0 Å². The van der Waals surface area contributed by atoms with Crippen molar-refractivity contribution in [1.82, 2.24) is 19.2 Å². The van der Waals surface area contributed by atoms with Gasteiger partial charge in [0.2, 0.25) is 0 Å². The standard InChI is InChI=1S/C23H25N5O.ClH/c1-5-18-9-6-8-15(2)20(18)13-24-21-12-19(28-22(29)10-7-11-25-28)14-27-17(4)16(3)26-23(21)27;/h6-12,14,24H,5,13H2,1-4H3;1H. The Morgan fingerprint density at radius 3 is 2.63 bits per heavy atom. The second-order valence-electron chi connectivity index (χ2n) is 7.28. The summed E-state index contributed by atoms with van der Waals surface area (Å²) in [4.78, 5) is 17.1. The summed E-state index contributed by atoms with van der Waals surface area (Å²) in [5.74, 6) is 0. The van der Waals surface area contributed by atoms with Crippen LogP contribution in [0.25, 0.3) is 11.3 Å². The lowest BCUT2D eigenvalue weighted by molar-refractivity contribution is 0.799. The second kappa shape index (κ2) is 8.71. The molecule has 1 aromatic carbocycles. The van der Waals surface area contributed by atoms with Gasteiger partial charge in [-0.1, -0.05) is 25.1 Å². The van der Waals surface area contributed by atoms with E-state index in [2.05, 4.69) is 42.5 Å². The number of fused-ring (bicyclic) bond motifs is 1. The van der Waals surface area contributed by atoms with Crippen molar-refractivity contribution in [3.63, 3.8) is 0 Å². The Balaban J connectivity index is 0.00000256. The maximum Gasteiger partial charge on any atom is 0.271 e. The second-order valence-corrected chi connectivity index (χ2v) is 7.28. The van der Waals surface area contributed by atoms with E-state index in [1.807, 2.05) is 30.5 Å². The van der Waals surface area contributed by atoms with Gasteiger partial charge in [-0.05, 0) is 56.0 Å². The molecule has 0 aliphatic rings. The summed E-state index contributed by atoms with van der Waals surface area (Å²) in [5.41, 5.74) is 8.16. The van der Waals surface area contributed by atoms with Crippen LogP contribution in [0.5, 0.6) is 0 Å². The number of rotatable bonds is 5. The predicted molar refractivity (Wildman–Crippen MR) is 123 cm³/mol. The summed E-state index contributed by atoms with van der Waals surface area (Å²) in [6.45, 7) is 9.03. The molecule has 30 heavy (non-hydrogen) atoms. The van der Waals surface area contributed by atoms with E-state index in [0.717, 1.165) is 29.1 Å². The van der Waals surface area contributed by atoms with Crippen molar-refractivity contribution in [3.05, 3.63) is 87.2 Å². The molecule has 0 saturated heterocycles. The lowest BCUT2D eigenvalue weighted by atomic mass is 10.00. The third kappa shape index (κ3) is 3.83. The molecule has 7 heteroatoms. The van der Waals surface area contributed by atoms with Gasteiger partial charge in [0.05, 0.1) is 17.1 Å². The molecule has 0 saturated carbocycles. The first-order valence-corrected chi connectivity index (χ1v) is 9.85. The third-order valence-electron chi connectivity index (χ3n) is 5.49. The minimum atomic E-state index is -0.167. The molecule has 3 heterocycles. The number of halogens is 1. The maximum atomic E-state index is 12.3. The van der Waals surface area contributed by atoms with Crippen LogP contribution in [-0.2, 0) is 13.0 Å². The highest BCUT2D eigenvalue weighted by molar-refractivity contribution is 5.85. The Hall–Kier alpha value is -3.12. The molecular weight excluding hydrogens is 398 g/mol. The van der Waals surface area contributed by atoms with Crippen molar-refractivity contribution in [3.8, 4) is 5.69 Å². The molecule has 4 aromatic rings. The van der Waals surface area contributed by atoms with Gasteiger partial charge in [0, 0.05) is 30.7 Å². The summed E-state index contributed by atoms with van der Waals surface area (Å²) >= 11 is 0. The van der Waals surface area contributed by atoms with Crippen molar-refractivity contribution >= 4 is 23.7 Å². The number of nitrogens with zero attached hydrogens (tertiary/aromatic N) is 4. The van der Waals surface area contributed by atoms with Crippen molar-refractivity contribution in [2.24, 2.45) is 0 Å². The zero-order chi connectivity index (χ0) is 20.5. The molecule has 0 spiro atoms. The van der Waals surface area contributed by atoms with Gasteiger partial charge in [0.25, 0.3) is 5.56 Å². The van der Waals surface area contributed by atoms with E-state index in [1.54, 1.807) is 12.3 Å². The number of benzene rings is 1. The van der Waals surface area contributed by atoms with E-state index in [9.17, 15) is 4.79 Å². The molecule has 0 unspecified atom stereocenters. The van der Waals surface area contributed by atoms with Crippen LogP contribution in [0.2, 0.25) is 0 Å². The molecule has 4 rings (SSSR count). The Bertz CT molecular complexity index is 1260. The van der Waals surface area contributed by atoms with E-state index in [-0.39, 0.29) is 18.0 Å². The minimum absolute atomic E-state index is 0. The number of pyridine rings is 1. The Morgan fingerprint density at radius 2 is 1.90 bits per heavy atom. The molecule has 1 N–H and O–H groups in total. The van der Waals surface area contributed by atoms with Crippen LogP contribution in [0, 0.1) is 20.8 Å². The van der Waals surface area contributed by atoms with Gasteiger partial charge in [-0.2, -0.15) is 9.78 Å². The molecule has 0 bridgehead atoms. The molecule has 0 atom stereocenters. The van der Waals surface area contributed by atoms with Crippen LogP contribution in [-0.4, -0.2) is 19.2 Å². The highest BCUT2D eigenvalue weighted by atomic mass is 35.5. The highest BCUT2D eigenvalue weighted by Gasteiger charge is 2.14. The van der Waals surface area contributed by atoms with Gasteiger partial charge in [-0.15, -0.1) is 12.4 Å². The van der Waals surface area contributed by atoms with Gasteiger partial charge >= 0.3 is 0 Å². The summed E-state index contributed by atoms with van der Waals surface area (Å²) in [7, 11) is 0. The fourth-order valence-electron chi connectivity index (χ4n) is 3.69. The first-order chi connectivity index (χ1) is 14.0. The average Bonchev–Trinajstić information content (AvgIpc) is 3.01. The monoisotopic (exact) mass is 423 g/mol. The molecular formula is C23H26ClN5O. The molecule has 156 valence electrons. The lowest BCUT2D eigenvalue weighted by Crippen LogP contribution is -2.20. The zero-order valence-electron chi connectivity index (χ0n) is 17.6. The number of hydrogen-bond acceptors (Lipinski definition) is 4. The maximum absolute atomic E-state index is 12.3. The molecule has 0 amide bonds. The summed E-state index contributed by atoms with van der Waals surface area (Å²) in [6, 6.07) is 11.5. The number of hydrogen-bond donors (Lipinski definition) is 1. The highest BCUT2D eigenvalue weighted by Crippen LogP contribution is 2.25. The van der Waals surface area contributed by atoms with Gasteiger partial charge in [-0.25, -0.2) is 4.98 Å². The van der Waals surface area contributed by atoms with Crippen LogP contribution in [0.15, 0.2) is 53.6 Å². The zero-order valence-corrected chi connectivity index (χ0v) is 18.5. The number of imidazole rings is 1. The lowest BCUT2D eigenvalue weighted by Gasteiger charge is -2.15. The minimum Gasteiger partial charge on any atom is -0.378 e. The van der Waals surface area contributed by atoms with E-state index >= 15 is 0 Å². The Kier molecular flexibility index (Phi) is 6.27. The molecule has 0 aliphatic heterocycles. The normalized spacial score (nSPS) is 10.8. The molecule has 0 radical (unpaired) electrons. The van der Waals surface area contributed by atoms with E-state index in [0.29, 0.717) is 12.2 Å². The first kappa shape index (κ1) is 21.6. The molecule has 0 fully saturated rings. The first-order valence-electron chi connectivity index (χ1n) is 9.85. The summed E-state index contributed by atoms with van der Waals surface area (Å²) < 4.78 is 3.43. The molecule has 6 nitrogen and oxygen atoms in total. The molecule has 3 aromatic heterocycles. The number of anilines is 1. The fraction of sp³-hybridized carbons (Fsp3) is 0.261. The van der Waals surface area contributed by atoms with Crippen LogP contribution in [0.4, 0.5) is 5.69 Å². The van der Waals surface area contributed by atoms with Crippen molar-refractivity contribution < 1.29 is 0 Å². The van der Waals surface area contributed by atoms with Gasteiger partial charge in [0.15, 0.2) is 5.65 Å². The van der Waals surface area contributed by atoms with Gasteiger partial charge < -0.3 is 9.72 Å². The Labute approximate surface area is 182 Å². The van der Waals surface area contributed by atoms with E-state index in [1.165, 1.54) is 27.4 Å². The van der Waals surface area contributed by atoms with Crippen LogP contribution in [0.3, 0.4) is 0 Å². The molecule has 0 aliphatic carbocycles. The average molecular weight is 424 g/mol. The van der Waals surface area contributed by atoms with E-state index < -0.39 is 0 Å². The fourth-order valence-corrected chi connectivity index (χ4v) is 3.69. The van der Waals surface area contributed by atoms with Crippen molar-refractivity contribution in [1.29, 1.82) is 0 Å². The van der Waals surface area contributed by atoms with Crippen molar-refractivity contribution in [2.75, 3.05) is 5.32 Å². The predicted octanol–water partition coefficient (Wildman–Crippen LogP) is 4.40. The number of aryl methyl sites for hydroxylation is 4. The largest absolute Gasteiger partial charge is 0.378 e. The van der Waals surface area contributed by atoms with Crippen LogP contribution < -0.4 is 10.9 Å². The summed E-state index contributed by atoms with van der Waals surface area (Å²) in [5, 5.41) is 7.80. The number of nitrogens with one attached hydrogen (secondary N) is 1. The van der Waals surface area contributed by atoms with Gasteiger partial charge in [0.1, 0.15) is 0 Å². The van der Waals surface area contributed by atoms with E-state index in [4.69, 9.17) is 4.98 Å². The van der Waals surface area contributed by atoms with Crippen LogP contribution >= 0.6 is 12.4 Å². The van der Waals surface area contributed by atoms with Gasteiger partial charge in [-0.3, -0.25) is 4.79 Å². The smallest absolute Gasteiger partial charge is 0.271 e. The quantitative estimate of drug-likeness (QED) is 0.516. The topological polar surface area (TPSA) is 64.2 Å². The summed E-state index contributed by atoms with van der Waals surface area (Å²) in [6.07, 6.45) is 4.51. The number of aromatic nitrogens is 4. The Morgan fingerprint density at radius 1 is 1.10 bits per heavy atom. The SMILES string of the molecule is CCc1cccc(C)c1CNc1cc(-n2ncccc2=O)cn2c(C)c(C)nc12.Cl.